The number of nitrogens with zero attached hydrogens (tertiary/aromatic N) is 4. The van der Waals surface area contributed by atoms with Crippen LogP contribution in [0.5, 0.6) is 5.75 Å². The van der Waals surface area contributed by atoms with Gasteiger partial charge in [-0.3, -0.25) is 0 Å². The molecule has 148 valence electrons. The van der Waals surface area contributed by atoms with Gasteiger partial charge in [-0.15, -0.1) is 20.4 Å². The van der Waals surface area contributed by atoms with Crippen LogP contribution in [0.15, 0.2) is 57.3 Å². The Labute approximate surface area is 176 Å². The number of nitrogens with one attached hydrogen (secondary N) is 1. The van der Waals surface area contributed by atoms with Gasteiger partial charge in [0.15, 0.2) is 4.34 Å². The van der Waals surface area contributed by atoms with Crippen molar-refractivity contribution in [2.24, 2.45) is 0 Å². The predicted octanol–water partition coefficient (Wildman–Crippen LogP) is 5.33. The molecule has 9 heteroatoms. The highest BCUT2D eigenvalue weighted by Crippen LogP contribution is 2.33. The van der Waals surface area contributed by atoms with Crippen molar-refractivity contribution >= 4 is 33.9 Å². The number of rotatable bonds is 8. The van der Waals surface area contributed by atoms with Gasteiger partial charge >= 0.3 is 0 Å². The minimum Gasteiger partial charge on any atom is -0.492 e. The average Bonchev–Trinajstić information content (AvgIpc) is 3.38. The Kier molecular flexibility index (Phi) is 6.06. The molecule has 0 bridgehead atoms. The number of para-hydroxylation sites is 2. The quantitative estimate of drug-likeness (QED) is 0.379. The first-order chi connectivity index (χ1) is 14.2. The van der Waals surface area contributed by atoms with Gasteiger partial charge in [-0.2, -0.15) is 0 Å². The van der Waals surface area contributed by atoms with E-state index in [0.29, 0.717) is 29.3 Å². The molecule has 0 fully saturated rings. The molecule has 0 saturated heterocycles. The molecule has 0 radical (unpaired) electrons. The molecule has 0 aliphatic rings. The van der Waals surface area contributed by atoms with Gasteiger partial charge in [0.1, 0.15) is 5.75 Å². The van der Waals surface area contributed by atoms with Crippen LogP contribution in [0.25, 0.3) is 11.5 Å². The molecule has 0 atom stereocenters. The van der Waals surface area contributed by atoms with Crippen molar-refractivity contribution in [3.63, 3.8) is 0 Å². The summed E-state index contributed by atoms with van der Waals surface area (Å²) >= 11 is 2.97. The van der Waals surface area contributed by atoms with Crippen molar-refractivity contribution in [3.8, 4) is 17.2 Å². The summed E-state index contributed by atoms with van der Waals surface area (Å²) in [6.45, 7) is 4.60. The van der Waals surface area contributed by atoms with Crippen molar-refractivity contribution < 1.29 is 9.15 Å². The van der Waals surface area contributed by atoms with Crippen LogP contribution >= 0.6 is 23.1 Å². The topological polar surface area (TPSA) is 86.0 Å². The third kappa shape index (κ3) is 4.93. The van der Waals surface area contributed by atoms with Crippen molar-refractivity contribution in [1.82, 2.24) is 20.4 Å². The van der Waals surface area contributed by atoms with Gasteiger partial charge in [-0.1, -0.05) is 52.9 Å². The number of aryl methyl sites for hydroxylation is 1. The number of hydrogen-bond donors (Lipinski definition) is 1. The van der Waals surface area contributed by atoms with Gasteiger partial charge < -0.3 is 14.5 Å². The Morgan fingerprint density at radius 3 is 2.69 bits per heavy atom. The second-order valence-corrected chi connectivity index (χ2v) is 8.28. The lowest BCUT2D eigenvalue weighted by Gasteiger charge is -2.09. The number of ether oxygens (including phenoxy) is 1. The number of hydrogen-bond acceptors (Lipinski definition) is 9. The molecule has 0 aliphatic carbocycles. The molecular formula is C20H19N5O2S2. The van der Waals surface area contributed by atoms with Crippen LogP contribution in [0.1, 0.15) is 18.4 Å². The molecule has 0 unspecified atom stereocenters. The third-order valence-corrected chi connectivity index (χ3v) is 5.88. The summed E-state index contributed by atoms with van der Waals surface area (Å²) in [4.78, 5) is 0. The van der Waals surface area contributed by atoms with Gasteiger partial charge in [0.05, 0.1) is 18.0 Å². The van der Waals surface area contributed by atoms with E-state index in [1.165, 1.54) is 28.7 Å². The lowest BCUT2D eigenvalue weighted by Crippen LogP contribution is -1.97. The van der Waals surface area contributed by atoms with E-state index in [2.05, 4.69) is 25.7 Å². The molecule has 1 N–H and O–H groups in total. The fourth-order valence-electron chi connectivity index (χ4n) is 2.53. The van der Waals surface area contributed by atoms with Crippen molar-refractivity contribution in [3.05, 3.63) is 60.0 Å². The Morgan fingerprint density at radius 1 is 1.03 bits per heavy atom. The standard InChI is InChI=1S/C20H19N5O2S2/c1-3-26-16-7-5-4-6-15(16)21-19-24-25-20(29-19)28-12-17-22-23-18(27-17)14-10-8-13(2)9-11-14/h4-11H,3,12H2,1-2H3,(H,21,24). The fourth-order valence-corrected chi connectivity index (χ4v) is 4.13. The first kappa shape index (κ1) is 19.4. The molecule has 2 aromatic heterocycles. The lowest BCUT2D eigenvalue weighted by atomic mass is 10.1. The lowest BCUT2D eigenvalue weighted by molar-refractivity contribution is 0.342. The second-order valence-electron chi connectivity index (χ2n) is 6.08. The van der Waals surface area contributed by atoms with E-state index in [1.54, 1.807) is 0 Å². The molecule has 29 heavy (non-hydrogen) atoms. The highest BCUT2D eigenvalue weighted by Gasteiger charge is 2.12. The summed E-state index contributed by atoms with van der Waals surface area (Å²) < 4.78 is 12.2. The molecule has 2 aromatic carbocycles. The van der Waals surface area contributed by atoms with E-state index in [4.69, 9.17) is 9.15 Å². The van der Waals surface area contributed by atoms with Gasteiger partial charge in [-0.25, -0.2) is 0 Å². The molecular weight excluding hydrogens is 406 g/mol. The molecule has 4 aromatic rings. The zero-order chi connectivity index (χ0) is 20.1. The Bertz CT molecular complexity index is 1080. The maximum absolute atomic E-state index is 5.76. The Hall–Kier alpha value is -2.91. The number of thioether (sulfide) groups is 1. The monoisotopic (exact) mass is 425 g/mol. The van der Waals surface area contributed by atoms with Crippen LogP contribution in [-0.4, -0.2) is 27.0 Å². The molecule has 0 amide bonds. The van der Waals surface area contributed by atoms with Gasteiger partial charge in [0, 0.05) is 5.56 Å². The van der Waals surface area contributed by atoms with Gasteiger partial charge in [0.2, 0.25) is 16.9 Å². The predicted molar refractivity (Wildman–Crippen MR) is 115 cm³/mol. The van der Waals surface area contributed by atoms with Crippen LogP contribution in [0.3, 0.4) is 0 Å². The molecule has 4 rings (SSSR count). The average molecular weight is 426 g/mol. The molecule has 7 nitrogen and oxygen atoms in total. The second kappa shape index (κ2) is 9.06. The maximum Gasteiger partial charge on any atom is 0.247 e. The van der Waals surface area contributed by atoms with Crippen LogP contribution in [0, 0.1) is 6.92 Å². The summed E-state index contributed by atoms with van der Waals surface area (Å²) in [6.07, 6.45) is 0. The minimum atomic E-state index is 0.521. The van der Waals surface area contributed by atoms with Crippen LogP contribution < -0.4 is 10.1 Å². The van der Waals surface area contributed by atoms with Crippen LogP contribution in [0.2, 0.25) is 0 Å². The first-order valence-corrected chi connectivity index (χ1v) is 10.9. The SMILES string of the molecule is CCOc1ccccc1Nc1nnc(SCc2nnc(-c3ccc(C)cc3)o2)s1. The summed E-state index contributed by atoms with van der Waals surface area (Å²) in [5.74, 6) is 2.39. The normalized spacial score (nSPS) is 10.8. The Balaban J connectivity index is 1.37. The number of benzene rings is 2. The zero-order valence-corrected chi connectivity index (χ0v) is 17.6. The summed E-state index contributed by atoms with van der Waals surface area (Å²) in [7, 11) is 0. The fraction of sp³-hybridized carbons (Fsp3) is 0.200. The van der Waals surface area contributed by atoms with Gasteiger partial charge in [0.25, 0.3) is 0 Å². The first-order valence-electron chi connectivity index (χ1n) is 9.06. The summed E-state index contributed by atoms with van der Waals surface area (Å²) in [5, 5.41) is 20.6. The van der Waals surface area contributed by atoms with E-state index in [1.807, 2.05) is 62.4 Å². The maximum atomic E-state index is 5.76. The highest BCUT2D eigenvalue weighted by atomic mass is 32.2. The van der Waals surface area contributed by atoms with E-state index in [0.717, 1.165) is 21.3 Å². The summed E-state index contributed by atoms with van der Waals surface area (Å²) in [6, 6.07) is 15.7. The molecule has 2 heterocycles. The van der Waals surface area contributed by atoms with Crippen molar-refractivity contribution in [2.75, 3.05) is 11.9 Å². The summed E-state index contributed by atoms with van der Waals surface area (Å²) in [5.41, 5.74) is 2.96. The van der Waals surface area contributed by atoms with Crippen molar-refractivity contribution in [1.29, 1.82) is 0 Å². The van der Waals surface area contributed by atoms with E-state index in [-0.39, 0.29) is 0 Å². The van der Waals surface area contributed by atoms with Crippen LogP contribution in [-0.2, 0) is 5.75 Å². The smallest absolute Gasteiger partial charge is 0.247 e. The minimum absolute atomic E-state index is 0.521. The largest absolute Gasteiger partial charge is 0.492 e. The van der Waals surface area contributed by atoms with E-state index in [9.17, 15) is 0 Å². The van der Waals surface area contributed by atoms with Crippen LogP contribution in [0.4, 0.5) is 10.8 Å². The zero-order valence-electron chi connectivity index (χ0n) is 16.0. The van der Waals surface area contributed by atoms with E-state index >= 15 is 0 Å². The number of aromatic nitrogens is 4. The molecule has 0 saturated carbocycles. The van der Waals surface area contributed by atoms with Crippen molar-refractivity contribution in [2.45, 2.75) is 23.9 Å². The number of anilines is 2. The molecule has 0 aliphatic heterocycles. The third-order valence-electron chi connectivity index (χ3n) is 3.92. The van der Waals surface area contributed by atoms with Gasteiger partial charge in [-0.05, 0) is 38.1 Å². The molecule has 0 spiro atoms. The highest BCUT2D eigenvalue weighted by molar-refractivity contribution is 8.00. The Morgan fingerprint density at radius 2 is 1.86 bits per heavy atom. The van der Waals surface area contributed by atoms with E-state index < -0.39 is 0 Å².